The van der Waals surface area contributed by atoms with E-state index in [0.717, 1.165) is 10.8 Å². The summed E-state index contributed by atoms with van der Waals surface area (Å²) < 4.78 is 0. The zero-order valence-electron chi connectivity index (χ0n) is 9.05. The van der Waals surface area contributed by atoms with Gasteiger partial charge in [-0.05, 0) is 27.6 Å². The average Bonchev–Trinajstić information content (AvgIpc) is 2.37. The van der Waals surface area contributed by atoms with Crippen molar-refractivity contribution >= 4 is 39.3 Å². The molecule has 17 heavy (non-hydrogen) atoms. The third kappa shape index (κ3) is 1.61. The van der Waals surface area contributed by atoms with Gasteiger partial charge in [0.1, 0.15) is 0 Å². The fraction of sp³-hybridized carbons (Fsp3) is 0. The lowest BCUT2D eigenvalue weighted by Crippen LogP contribution is -1.90. The van der Waals surface area contributed by atoms with Crippen molar-refractivity contribution in [3.8, 4) is 0 Å². The Morgan fingerprint density at radius 2 is 1.53 bits per heavy atom. The van der Waals surface area contributed by atoms with Crippen molar-refractivity contribution in [3.63, 3.8) is 0 Å². The molecule has 0 amide bonds. The van der Waals surface area contributed by atoms with Gasteiger partial charge in [0.15, 0.2) is 0 Å². The van der Waals surface area contributed by atoms with Crippen LogP contribution >= 0.6 is 12.6 Å². The van der Waals surface area contributed by atoms with Crippen LogP contribution in [0.3, 0.4) is 0 Å². The van der Waals surface area contributed by atoms with Crippen LogP contribution in [-0.4, -0.2) is 5.12 Å². The van der Waals surface area contributed by atoms with Gasteiger partial charge in [-0.2, -0.15) is 0 Å². The summed E-state index contributed by atoms with van der Waals surface area (Å²) in [6.45, 7) is 0. The van der Waals surface area contributed by atoms with Gasteiger partial charge in [0, 0.05) is 5.56 Å². The number of hydrogen-bond donors (Lipinski definition) is 1. The Hall–Kier alpha value is -1.80. The molecular formula is C15H10OS. The summed E-state index contributed by atoms with van der Waals surface area (Å²) in [6.07, 6.45) is 0. The lowest BCUT2D eigenvalue weighted by Gasteiger charge is -2.06. The van der Waals surface area contributed by atoms with Gasteiger partial charge in [0.05, 0.1) is 0 Å². The van der Waals surface area contributed by atoms with Crippen molar-refractivity contribution in [1.82, 2.24) is 0 Å². The van der Waals surface area contributed by atoms with Crippen LogP contribution in [0.5, 0.6) is 0 Å². The van der Waals surface area contributed by atoms with E-state index in [-0.39, 0.29) is 5.12 Å². The molecule has 0 unspecified atom stereocenters. The SMILES string of the molecule is O=C(S)c1cccc2c1ccc1ccccc12. The summed E-state index contributed by atoms with van der Waals surface area (Å²) in [5, 5.41) is 4.23. The van der Waals surface area contributed by atoms with Gasteiger partial charge in [-0.25, -0.2) is 0 Å². The summed E-state index contributed by atoms with van der Waals surface area (Å²) in [7, 11) is 0. The largest absolute Gasteiger partial charge is 0.282 e. The van der Waals surface area contributed by atoms with Crippen LogP contribution in [0.2, 0.25) is 0 Å². The Morgan fingerprint density at radius 1 is 0.765 bits per heavy atom. The molecule has 0 aliphatic heterocycles. The van der Waals surface area contributed by atoms with E-state index in [0.29, 0.717) is 5.56 Å². The monoisotopic (exact) mass is 238 g/mol. The molecular weight excluding hydrogens is 228 g/mol. The minimum atomic E-state index is -0.189. The molecule has 3 rings (SSSR count). The molecule has 0 aromatic heterocycles. The first-order valence-electron chi connectivity index (χ1n) is 5.41. The van der Waals surface area contributed by atoms with E-state index in [4.69, 9.17) is 0 Å². The maximum absolute atomic E-state index is 11.5. The summed E-state index contributed by atoms with van der Waals surface area (Å²) >= 11 is 3.92. The van der Waals surface area contributed by atoms with Crippen LogP contribution in [0.15, 0.2) is 54.6 Å². The van der Waals surface area contributed by atoms with E-state index in [1.165, 1.54) is 10.8 Å². The quantitative estimate of drug-likeness (QED) is 0.499. The van der Waals surface area contributed by atoms with Crippen molar-refractivity contribution < 1.29 is 4.79 Å². The van der Waals surface area contributed by atoms with Crippen molar-refractivity contribution in [1.29, 1.82) is 0 Å². The highest BCUT2D eigenvalue weighted by molar-refractivity contribution is 7.97. The molecule has 1 nitrogen and oxygen atoms in total. The molecule has 0 radical (unpaired) electrons. The second-order valence-electron chi connectivity index (χ2n) is 3.99. The number of carbonyl (C=O) groups is 1. The summed E-state index contributed by atoms with van der Waals surface area (Å²) in [5.74, 6) is 0. The number of hydrogen-bond acceptors (Lipinski definition) is 1. The Balaban J connectivity index is 2.52. The molecule has 0 bridgehead atoms. The molecule has 0 spiro atoms. The first-order chi connectivity index (χ1) is 8.27. The zero-order chi connectivity index (χ0) is 11.8. The third-order valence-corrected chi connectivity index (χ3v) is 3.26. The molecule has 2 heteroatoms. The van der Waals surface area contributed by atoms with Crippen molar-refractivity contribution in [2.75, 3.05) is 0 Å². The molecule has 0 aliphatic carbocycles. The number of rotatable bonds is 1. The second kappa shape index (κ2) is 3.90. The summed E-state index contributed by atoms with van der Waals surface area (Å²) in [6, 6.07) is 18.0. The smallest absolute Gasteiger partial charge is 0.216 e. The molecule has 0 saturated carbocycles. The van der Waals surface area contributed by atoms with Gasteiger partial charge in [-0.15, -0.1) is 12.6 Å². The van der Waals surface area contributed by atoms with Gasteiger partial charge < -0.3 is 0 Å². The Morgan fingerprint density at radius 3 is 2.35 bits per heavy atom. The average molecular weight is 238 g/mol. The van der Waals surface area contributed by atoms with Gasteiger partial charge in [-0.1, -0.05) is 48.5 Å². The van der Waals surface area contributed by atoms with Crippen molar-refractivity contribution in [3.05, 3.63) is 60.2 Å². The first kappa shape index (κ1) is 10.4. The third-order valence-electron chi connectivity index (χ3n) is 3.02. The van der Waals surface area contributed by atoms with E-state index >= 15 is 0 Å². The standard InChI is InChI=1S/C15H10OS/c16-15(17)14-7-3-6-12-11-5-2-1-4-10(11)8-9-13(12)14/h1-9H,(H,16,17). The van der Waals surface area contributed by atoms with Crippen LogP contribution in [0.25, 0.3) is 21.5 Å². The number of thiol groups is 1. The fourth-order valence-electron chi connectivity index (χ4n) is 2.23. The number of benzene rings is 3. The first-order valence-corrected chi connectivity index (χ1v) is 5.86. The van der Waals surface area contributed by atoms with E-state index in [2.05, 4.69) is 24.8 Å². The van der Waals surface area contributed by atoms with Gasteiger partial charge in [0.25, 0.3) is 0 Å². The molecule has 0 N–H and O–H groups in total. The lowest BCUT2D eigenvalue weighted by atomic mass is 9.99. The molecule has 0 heterocycles. The molecule has 0 aliphatic rings. The highest BCUT2D eigenvalue weighted by Gasteiger charge is 2.07. The van der Waals surface area contributed by atoms with E-state index in [1.54, 1.807) is 0 Å². The number of fused-ring (bicyclic) bond motifs is 3. The van der Waals surface area contributed by atoms with Crippen LogP contribution in [0.4, 0.5) is 0 Å². The highest BCUT2D eigenvalue weighted by atomic mass is 32.1. The number of carbonyl (C=O) groups excluding carboxylic acids is 1. The molecule has 0 atom stereocenters. The summed E-state index contributed by atoms with van der Waals surface area (Å²) in [4.78, 5) is 11.5. The predicted octanol–water partition coefficient (Wildman–Crippen LogP) is 4.06. The molecule has 3 aromatic carbocycles. The summed E-state index contributed by atoms with van der Waals surface area (Å²) in [5.41, 5.74) is 0.664. The molecule has 0 fully saturated rings. The van der Waals surface area contributed by atoms with Crippen LogP contribution in [0, 0.1) is 0 Å². The van der Waals surface area contributed by atoms with Gasteiger partial charge in [0.2, 0.25) is 5.12 Å². The fourth-order valence-corrected chi connectivity index (χ4v) is 2.42. The van der Waals surface area contributed by atoms with E-state index in [1.807, 2.05) is 42.5 Å². The van der Waals surface area contributed by atoms with Crippen molar-refractivity contribution in [2.45, 2.75) is 0 Å². The molecule has 3 aromatic rings. The minimum Gasteiger partial charge on any atom is -0.282 e. The Bertz CT molecular complexity index is 731. The van der Waals surface area contributed by atoms with Gasteiger partial charge >= 0.3 is 0 Å². The second-order valence-corrected chi connectivity index (χ2v) is 4.40. The van der Waals surface area contributed by atoms with Crippen LogP contribution in [-0.2, 0) is 0 Å². The zero-order valence-corrected chi connectivity index (χ0v) is 9.95. The maximum atomic E-state index is 11.5. The highest BCUT2D eigenvalue weighted by Crippen LogP contribution is 2.28. The Kier molecular flexibility index (Phi) is 2.37. The van der Waals surface area contributed by atoms with Crippen molar-refractivity contribution in [2.24, 2.45) is 0 Å². The van der Waals surface area contributed by atoms with Crippen LogP contribution in [0.1, 0.15) is 10.4 Å². The maximum Gasteiger partial charge on any atom is 0.216 e. The normalized spacial score (nSPS) is 10.9. The van der Waals surface area contributed by atoms with Crippen LogP contribution < -0.4 is 0 Å². The minimum absolute atomic E-state index is 0.189. The molecule has 82 valence electrons. The Labute approximate surface area is 104 Å². The topological polar surface area (TPSA) is 17.1 Å². The lowest BCUT2D eigenvalue weighted by molar-refractivity contribution is 0.109. The van der Waals surface area contributed by atoms with E-state index in [9.17, 15) is 4.79 Å². The molecule has 0 saturated heterocycles. The van der Waals surface area contributed by atoms with Gasteiger partial charge in [-0.3, -0.25) is 4.79 Å². The predicted molar refractivity (Wildman–Crippen MR) is 74.8 cm³/mol. The van der Waals surface area contributed by atoms with E-state index < -0.39 is 0 Å².